The van der Waals surface area contributed by atoms with E-state index in [2.05, 4.69) is 16.0 Å². The van der Waals surface area contributed by atoms with E-state index in [4.69, 9.17) is 5.26 Å². The Labute approximate surface area is 167 Å². The number of carbonyl (C=O) groups excluding carboxylic acids is 2. The molecule has 3 rings (SSSR count). The molecule has 28 heavy (non-hydrogen) atoms. The second-order valence-electron chi connectivity index (χ2n) is 6.30. The number of amides is 3. The number of fused-ring (bicyclic) bond motifs is 1. The summed E-state index contributed by atoms with van der Waals surface area (Å²) >= 11 is 1.60. The molecule has 0 aliphatic rings. The van der Waals surface area contributed by atoms with Gasteiger partial charge < -0.3 is 16.0 Å². The Morgan fingerprint density at radius 2 is 1.89 bits per heavy atom. The normalized spacial score (nSPS) is 11.4. The Bertz CT molecular complexity index is 1040. The Morgan fingerprint density at radius 1 is 1.14 bits per heavy atom. The minimum absolute atomic E-state index is 0.110. The van der Waals surface area contributed by atoms with Gasteiger partial charge in [0.05, 0.1) is 6.07 Å². The summed E-state index contributed by atoms with van der Waals surface area (Å²) in [7, 11) is 0. The lowest BCUT2D eigenvalue weighted by Crippen LogP contribution is -2.49. The molecule has 2 aromatic carbocycles. The van der Waals surface area contributed by atoms with Gasteiger partial charge in [0.2, 0.25) is 5.91 Å². The van der Waals surface area contributed by atoms with Crippen LogP contribution in [0.15, 0.2) is 53.9 Å². The summed E-state index contributed by atoms with van der Waals surface area (Å²) in [6.45, 7) is 1.78. The highest BCUT2D eigenvalue weighted by atomic mass is 32.1. The van der Waals surface area contributed by atoms with E-state index in [0.29, 0.717) is 12.1 Å². The predicted molar refractivity (Wildman–Crippen MR) is 111 cm³/mol. The molecule has 0 aliphatic carbocycles. The smallest absolute Gasteiger partial charge is 0.319 e. The van der Waals surface area contributed by atoms with Crippen LogP contribution in [-0.4, -0.2) is 24.5 Å². The van der Waals surface area contributed by atoms with Crippen molar-refractivity contribution >= 4 is 39.0 Å². The molecule has 0 spiro atoms. The van der Waals surface area contributed by atoms with Crippen LogP contribution in [0, 0.1) is 18.3 Å². The largest absolute Gasteiger partial charge is 0.341 e. The van der Waals surface area contributed by atoms with E-state index in [1.165, 1.54) is 0 Å². The third-order valence-corrected chi connectivity index (χ3v) is 5.35. The third-order valence-electron chi connectivity index (χ3n) is 4.34. The Morgan fingerprint density at radius 3 is 2.68 bits per heavy atom. The van der Waals surface area contributed by atoms with E-state index >= 15 is 0 Å². The summed E-state index contributed by atoms with van der Waals surface area (Å²) in [6.07, 6.45) is 0.336. The number of nitrogens with zero attached hydrogens (tertiary/aromatic N) is 1. The van der Waals surface area contributed by atoms with E-state index < -0.39 is 18.0 Å². The number of urea groups is 1. The second-order valence-corrected chi connectivity index (χ2v) is 7.21. The minimum atomic E-state index is -0.796. The molecule has 1 aromatic heterocycles. The molecule has 0 fully saturated rings. The lowest BCUT2D eigenvalue weighted by Gasteiger charge is -2.18. The zero-order valence-corrected chi connectivity index (χ0v) is 16.2. The average Bonchev–Trinajstić information content (AvgIpc) is 3.10. The van der Waals surface area contributed by atoms with Gasteiger partial charge >= 0.3 is 6.03 Å². The number of nitrogens with one attached hydrogen (secondary N) is 3. The van der Waals surface area contributed by atoms with E-state index in [-0.39, 0.29) is 6.54 Å². The maximum atomic E-state index is 12.5. The highest BCUT2D eigenvalue weighted by Gasteiger charge is 2.22. The lowest BCUT2D eigenvalue weighted by molar-refractivity contribution is -0.122. The number of para-hydroxylation sites is 1. The van der Waals surface area contributed by atoms with Gasteiger partial charge in [-0.1, -0.05) is 36.4 Å². The van der Waals surface area contributed by atoms with Crippen LogP contribution < -0.4 is 16.0 Å². The molecule has 7 heteroatoms. The maximum Gasteiger partial charge on any atom is 0.319 e. The molecule has 1 unspecified atom stereocenters. The van der Waals surface area contributed by atoms with Gasteiger partial charge in [-0.15, -0.1) is 11.3 Å². The molecule has 0 radical (unpaired) electrons. The summed E-state index contributed by atoms with van der Waals surface area (Å²) in [6, 6.07) is 16.0. The standard InChI is InChI=1S/C21H20N4O2S/c1-14-6-2-4-8-17(14)24-21(27)25-18(20(26)23-11-10-22)12-15-13-28-19-9-5-3-7-16(15)19/h2-9,13,18H,11-12H2,1H3,(H,23,26)(H2,24,25,27). The maximum absolute atomic E-state index is 12.5. The molecular weight excluding hydrogens is 372 g/mol. The van der Waals surface area contributed by atoms with Gasteiger partial charge in [-0.3, -0.25) is 4.79 Å². The summed E-state index contributed by atoms with van der Waals surface area (Å²) in [5.41, 5.74) is 2.58. The fourth-order valence-corrected chi connectivity index (χ4v) is 3.88. The SMILES string of the molecule is Cc1ccccc1NC(=O)NC(Cc1csc2ccccc12)C(=O)NCC#N. The topological polar surface area (TPSA) is 94.0 Å². The monoisotopic (exact) mass is 392 g/mol. The molecule has 1 atom stereocenters. The van der Waals surface area contributed by atoms with Crippen LogP contribution in [-0.2, 0) is 11.2 Å². The van der Waals surface area contributed by atoms with Crippen LogP contribution in [0.1, 0.15) is 11.1 Å². The van der Waals surface area contributed by atoms with Gasteiger partial charge in [-0.2, -0.15) is 5.26 Å². The number of aryl methyl sites for hydroxylation is 1. The van der Waals surface area contributed by atoms with Crippen molar-refractivity contribution in [3.8, 4) is 6.07 Å². The number of benzene rings is 2. The van der Waals surface area contributed by atoms with Crippen LogP contribution in [0.3, 0.4) is 0 Å². The van der Waals surface area contributed by atoms with Crippen molar-refractivity contribution in [3.63, 3.8) is 0 Å². The predicted octanol–water partition coefficient (Wildman–Crippen LogP) is 3.58. The second kappa shape index (κ2) is 9.02. The number of hydrogen-bond donors (Lipinski definition) is 3. The van der Waals surface area contributed by atoms with Crippen molar-refractivity contribution in [1.82, 2.24) is 10.6 Å². The van der Waals surface area contributed by atoms with Crippen molar-refractivity contribution in [2.45, 2.75) is 19.4 Å². The highest BCUT2D eigenvalue weighted by molar-refractivity contribution is 7.17. The fraction of sp³-hybridized carbons (Fsp3) is 0.190. The summed E-state index contributed by atoms with van der Waals surface area (Å²) in [4.78, 5) is 25.0. The van der Waals surface area contributed by atoms with Crippen molar-refractivity contribution < 1.29 is 9.59 Å². The molecule has 3 amide bonds. The molecule has 0 saturated carbocycles. The molecule has 0 saturated heterocycles. The first-order valence-electron chi connectivity index (χ1n) is 8.81. The number of hydrogen-bond acceptors (Lipinski definition) is 4. The molecule has 0 aliphatic heterocycles. The summed E-state index contributed by atoms with van der Waals surface area (Å²) in [5, 5.41) is 19.8. The number of rotatable bonds is 6. The molecule has 0 bridgehead atoms. The van der Waals surface area contributed by atoms with Gasteiger partial charge in [0, 0.05) is 16.8 Å². The van der Waals surface area contributed by atoms with E-state index in [1.807, 2.05) is 60.8 Å². The summed E-state index contributed by atoms with van der Waals surface area (Å²) in [5.74, 6) is -0.392. The lowest BCUT2D eigenvalue weighted by atomic mass is 10.0. The van der Waals surface area contributed by atoms with Gasteiger partial charge in [-0.25, -0.2) is 4.79 Å². The molecular formula is C21H20N4O2S. The fourth-order valence-electron chi connectivity index (χ4n) is 2.90. The van der Waals surface area contributed by atoms with Crippen molar-refractivity contribution in [1.29, 1.82) is 5.26 Å². The Hall–Kier alpha value is -3.37. The minimum Gasteiger partial charge on any atom is -0.341 e. The first-order chi connectivity index (χ1) is 13.6. The van der Waals surface area contributed by atoms with E-state index in [1.54, 1.807) is 17.4 Å². The van der Waals surface area contributed by atoms with Crippen molar-refractivity contribution in [2.24, 2.45) is 0 Å². The van der Waals surface area contributed by atoms with Gasteiger partial charge in [0.1, 0.15) is 12.6 Å². The average molecular weight is 392 g/mol. The Balaban J connectivity index is 1.77. The van der Waals surface area contributed by atoms with Crippen LogP contribution in [0.25, 0.3) is 10.1 Å². The number of thiophene rings is 1. The molecule has 1 heterocycles. The van der Waals surface area contributed by atoms with Gasteiger partial charge in [-0.05, 0) is 40.9 Å². The van der Waals surface area contributed by atoms with E-state index in [9.17, 15) is 9.59 Å². The first-order valence-corrected chi connectivity index (χ1v) is 9.69. The van der Waals surface area contributed by atoms with Crippen molar-refractivity contribution in [3.05, 3.63) is 65.0 Å². The summed E-state index contributed by atoms with van der Waals surface area (Å²) < 4.78 is 1.12. The third kappa shape index (κ3) is 4.67. The van der Waals surface area contributed by atoms with Gasteiger partial charge in [0.25, 0.3) is 0 Å². The quantitative estimate of drug-likeness (QED) is 0.560. The Kier molecular flexibility index (Phi) is 6.25. The van der Waals surface area contributed by atoms with Gasteiger partial charge in [0.15, 0.2) is 0 Å². The number of nitriles is 1. The molecule has 3 aromatic rings. The van der Waals surface area contributed by atoms with Crippen LogP contribution in [0.2, 0.25) is 0 Å². The molecule has 3 N–H and O–H groups in total. The van der Waals surface area contributed by atoms with Crippen molar-refractivity contribution in [2.75, 3.05) is 11.9 Å². The highest BCUT2D eigenvalue weighted by Crippen LogP contribution is 2.26. The van der Waals surface area contributed by atoms with Crippen LogP contribution >= 0.6 is 11.3 Å². The zero-order valence-electron chi connectivity index (χ0n) is 15.4. The first kappa shape index (κ1) is 19.4. The number of carbonyl (C=O) groups is 2. The molecule has 6 nitrogen and oxygen atoms in total. The molecule has 142 valence electrons. The number of anilines is 1. The van der Waals surface area contributed by atoms with E-state index in [0.717, 1.165) is 21.2 Å². The van der Waals surface area contributed by atoms with Crippen LogP contribution in [0.4, 0.5) is 10.5 Å². The zero-order chi connectivity index (χ0) is 19.9. The van der Waals surface area contributed by atoms with Crippen LogP contribution in [0.5, 0.6) is 0 Å².